The van der Waals surface area contributed by atoms with Crippen LogP contribution in [0.2, 0.25) is 0 Å². The summed E-state index contributed by atoms with van der Waals surface area (Å²) in [7, 11) is 0. The van der Waals surface area contributed by atoms with Crippen molar-refractivity contribution in [2.24, 2.45) is 0 Å². The van der Waals surface area contributed by atoms with Gasteiger partial charge in [0.15, 0.2) is 5.65 Å². The number of alkyl halides is 6. The number of hydrogen-bond donors (Lipinski definition) is 1. The summed E-state index contributed by atoms with van der Waals surface area (Å²) in [5.74, 6) is -10.9. The second-order valence-electron chi connectivity index (χ2n) is 11.0. The molecule has 3 heterocycles. The fourth-order valence-electron chi connectivity index (χ4n) is 5.64. The van der Waals surface area contributed by atoms with Crippen molar-refractivity contribution in [1.29, 1.82) is 0 Å². The Labute approximate surface area is 260 Å². The molecule has 1 aliphatic rings. The van der Waals surface area contributed by atoms with E-state index in [0.29, 0.717) is 27.5 Å². The normalized spacial score (nSPS) is 16.0. The fraction of sp³-hybridized carbons (Fsp3) is 0.290. The van der Waals surface area contributed by atoms with Crippen LogP contribution in [0.25, 0.3) is 21.5 Å². The van der Waals surface area contributed by atoms with Crippen molar-refractivity contribution in [2.45, 2.75) is 57.0 Å². The number of nitrogens with one attached hydrogen (secondary N) is 1. The summed E-state index contributed by atoms with van der Waals surface area (Å²) < 4.78 is 116. The van der Waals surface area contributed by atoms with Crippen LogP contribution < -0.4 is 5.32 Å². The van der Waals surface area contributed by atoms with Crippen LogP contribution in [0.15, 0.2) is 54.0 Å². The number of thiazole rings is 1. The van der Waals surface area contributed by atoms with Gasteiger partial charge in [-0.3, -0.25) is 9.48 Å². The first kappa shape index (κ1) is 31.6. The van der Waals surface area contributed by atoms with E-state index in [1.54, 1.807) is 23.7 Å². The lowest BCUT2D eigenvalue weighted by Crippen LogP contribution is -2.37. The van der Waals surface area contributed by atoms with Gasteiger partial charge in [-0.1, -0.05) is 29.8 Å². The van der Waals surface area contributed by atoms with Gasteiger partial charge in [0, 0.05) is 24.5 Å². The van der Waals surface area contributed by atoms with E-state index in [1.165, 1.54) is 11.3 Å². The lowest BCUT2D eigenvalue weighted by atomic mass is 9.89. The van der Waals surface area contributed by atoms with E-state index in [2.05, 4.69) is 20.4 Å². The fourth-order valence-corrected chi connectivity index (χ4v) is 6.29. The Morgan fingerprint density at radius 2 is 1.65 bits per heavy atom. The molecule has 240 valence electrons. The van der Waals surface area contributed by atoms with Crippen LogP contribution in [0.4, 0.5) is 35.1 Å². The molecule has 0 saturated heterocycles. The second-order valence-corrected chi connectivity index (χ2v) is 11.9. The molecule has 3 aromatic heterocycles. The Morgan fingerprint density at radius 1 is 0.978 bits per heavy atom. The molecule has 0 aliphatic heterocycles. The summed E-state index contributed by atoms with van der Waals surface area (Å²) >= 11 is 1.30. The molecule has 0 fully saturated rings. The molecule has 0 unspecified atom stereocenters. The molecule has 1 amide bonds. The van der Waals surface area contributed by atoms with Crippen molar-refractivity contribution in [3.63, 3.8) is 0 Å². The zero-order valence-corrected chi connectivity index (χ0v) is 24.6. The van der Waals surface area contributed by atoms with Crippen LogP contribution >= 0.6 is 11.3 Å². The Hall–Kier alpha value is -4.40. The second kappa shape index (κ2) is 11.8. The summed E-state index contributed by atoms with van der Waals surface area (Å²) in [4.78, 5) is 22.3. The minimum atomic E-state index is -4.02. The number of halogens is 8. The van der Waals surface area contributed by atoms with Crippen LogP contribution in [-0.4, -0.2) is 25.7 Å². The topological polar surface area (TPSA) is 72.7 Å². The highest BCUT2D eigenvalue weighted by Gasteiger charge is 2.55. The van der Waals surface area contributed by atoms with Gasteiger partial charge < -0.3 is 5.32 Å². The van der Waals surface area contributed by atoms with E-state index in [-0.39, 0.29) is 22.4 Å². The van der Waals surface area contributed by atoms with Gasteiger partial charge in [0.25, 0.3) is 18.3 Å². The van der Waals surface area contributed by atoms with E-state index in [1.807, 2.05) is 19.1 Å². The Balaban J connectivity index is 1.44. The van der Waals surface area contributed by atoms with E-state index < -0.39 is 78.2 Å². The maximum absolute atomic E-state index is 14.9. The zero-order chi connectivity index (χ0) is 33.0. The molecule has 1 aliphatic carbocycles. The number of nitrogens with zero attached hydrogens (tertiary/aromatic N) is 4. The average molecular weight is 666 g/mol. The van der Waals surface area contributed by atoms with Gasteiger partial charge in [0.1, 0.15) is 29.6 Å². The summed E-state index contributed by atoms with van der Waals surface area (Å²) in [5, 5.41) is 5.93. The van der Waals surface area contributed by atoms with Crippen LogP contribution in [0, 0.1) is 18.6 Å². The number of fused-ring (bicyclic) bond motifs is 2. The van der Waals surface area contributed by atoms with Crippen molar-refractivity contribution in [3.8, 4) is 11.1 Å². The Morgan fingerprint density at radius 3 is 2.33 bits per heavy atom. The lowest BCUT2D eigenvalue weighted by Gasteiger charge is -2.29. The molecular weight excluding hydrogens is 642 g/mol. The van der Waals surface area contributed by atoms with Gasteiger partial charge in [-0.05, 0) is 42.7 Å². The van der Waals surface area contributed by atoms with Gasteiger partial charge >= 0.3 is 0 Å². The molecule has 5 aromatic rings. The number of hydrogen-bond acceptors (Lipinski definition) is 5. The number of carbonyl (C=O) groups is 1. The average Bonchev–Trinajstić information content (AvgIpc) is 3.60. The molecule has 46 heavy (non-hydrogen) atoms. The molecule has 1 atom stereocenters. The highest BCUT2D eigenvalue weighted by Crippen LogP contribution is 2.52. The maximum Gasteiger partial charge on any atom is 0.290 e. The number of aromatic nitrogens is 4. The van der Waals surface area contributed by atoms with Gasteiger partial charge in [0.2, 0.25) is 5.91 Å². The molecule has 6 nitrogen and oxygen atoms in total. The quantitative estimate of drug-likeness (QED) is 0.170. The third-order valence-electron chi connectivity index (χ3n) is 7.69. The van der Waals surface area contributed by atoms with E-state index in [9.17, 15) is 39.9 Å². The highest BCUT2D eigenvalue weighted by molar-refractivity contribution is 7.16. The predicted octanol–water partition coefficient (Wildman–Crippen LogP) is 8.16. The van der Waals surface area contributed by atoms with Crippen molar-refractivity contribution >= 4 is 27.6 Å². The SMILES string of the molecule is Cc1ccc(-c2cc3scnc3nc2[C@@H](Cc2cc(F)cc(F)c2)NC(=O)Cn2nc(C(F)F)c3c2C(F)(F)CCC3(F)F)cc1. The first-order chi connectivity index (χ1) is 21.7. The third-order valence-corrected chi connectivity index (χ3v) is 8.45. The standard InChI is InChI=1S/C31H23F8N5OS/c1-15-2-4-17(5-3-15)20-12-22-29(40-14-46-22)42-25(20)21(10-16-8-18(32)11-19(33)9-16)41-23(45)13-44-27-24(26(43-44)28(34)35)30(36,37)6-7-31(27,38)39/h2-5,8-9,11-12,14,21,28H,6-7,10,13H2,1H3,(H,41,45)/t21-/m1/s1. The molecule has 2 aromatic carbocycles. The van der Waals surface area contributed by atoms with Crippen molar-refractivity contribution in [2.75, 3.05) is 0 Å². The number of amides is 1. The van der Waals surface area contributed by atoms with E-state index >= 15 is 0 Å². The van der Waals surface area contributed by atoms with Crippen molar-refractivity contribution in [3.05, 3.63) is 99.4 Å². The summed E-state index contributed by atoms with van der Waals surface area (Å²) in [6, 6.07) is 10.6. The summed E-state index contributed by atoms with van der Waals surface area (Å²) in [6.45, 7) is 0.747. The van der Waals surface area contributed by atoms with Crippen LogP contribution in [0.5, 0.6) is 0 Å². The van der Waals surface area contributed by atoms with Crippen molar-refractivity contribution in [1.82, 2.24) is 25.1 Å². The smallest absolute Gasteiger partial charge is 0.290 e. The molecule has 1 N–H and O–H groups in total. The molecular formula is C31H23F8N5OS. The third kappa shape index (κ3) is 6.07. The zero-order valence-electron chi connectivity index (χ0n) is 23.8. The maximum atomic E-state index is 14.9. The molecule has 0 spiro atoms. The van der Waals surface area contributed by atoms with Gasteiger partial charge in [-0.25, -0.2) is 36.3 Å². The molecule has 0 radical (unpaired) electrons. The van der Waals surface area contributed by atoms with E-state index in [0.717, 1.165) is 17.7 Å². The van der Waals surface area contributed by atoms with Gasteiger partial charge in [-0.15, -0.1) is 11.3 Å². The molecule has 0 bridgehead atoms. The minimum absolute atomic E-state index is 0.0976. The van der Waals surface area contributed by atoms with Crippen LogP contribution in [0.1, 0.15) is 59.1 Å². The van der Waals surface area contributed by atoms with Crippen molar-refractivity contribution < 1.29 is 39.9 Å². The highest BCUT2D eigenvalue weighted by atomic mass is 32.1. The summed E-state index contributed by atoms with van der Waals surface area (Å²) in [6.07, 6.45) is -6.58. The van der Waals surface area contributed by atoms with Gasteiger partial charge in [0.05, 0.1) is 27.5 Å². The lowest BCUT2D eigenvalue weighted by molar-refractivity contribution is -0.123. The van der Waals surface area contributed by atoms with Crippen LogP contribution in [0.3, 0.4) is 0 Å². The first-order valence-electron chi connectivity index (χ1n) is 13.9. The molecule has 15 heteroatoms. The monoisotopic (exact) mass is 665 g/mol. The van der Waals surface area contributed by atoms with E-state index in [4.69, 9.17) is 0 Å². The summed E-state index contributed by atoms with van der Waals surface area (Å²) in [5.41, 5.74) is -0.303. The number of carbonyl (C=O) groups excluding carboxylic acids is 1. The molecule has 6 rings (SSSR count). The van der Waals surface area contributed by atoms with Crippen LogP contribution in [-0.2, 0) is 29.6 Å². The number of pyridine rings is 1. The number of rotatable bonds is 8. The molecule has 0 saturated carbocycles. The minimum Gasteiger partial charge on any atom is -0.346 e. The predicted molar refractivity (Wildman–Crippen MR) is 153 cm³/mol. The Bertz CT molecular complexity index is 1920. The first-order valence-corrected chi connectivity index (χ1v) is 14.8. The Kier molecular flexibility index (Phi) is 8.07. The van der Waals surface area contributed by atoms with Gasteiger partial charge in [-0.2, -0.15) is 13.9 Å². The number of aryl methyl sites for hydroxylation is 1. The number of benzene rings is 2. The largest absolute Gasteiger partial charge is 0.346 e.